The van der Waals surface area contributed by atoms with Crippen molar-refractivity contribution < 1.29 is 9.59 Å². The molecule has 2 aliphatic rings. The number of piperidine rings is 1. The Balaban J connectivity index is 1.33. The van der Waals surface area contributed by atoms with Crippen molar-refractivity contribution in [3.05, 3.63) is 42.1 Å². The van der Waals surface area contributed by atoms with Crippen LogP contribution >= 0.6 is 0 Å². The summed E-state index contributed by atoms with van der Waals surface area (Å²) in [6.07, 6.45) is 5.70. The Morgan fingerprint density at radius 3 is 2.93 bits per heavy atom. The van der Waals surface area contributed by atoms with Crippen LogP contribution in [0.3, 0.4) is 0 Å². The monoisotopic (exact) mass is 366 g/mol. The van der Waals surface area contributed by atoms with E-state index in [1.807, 2.05) is 29.2 Å². The van der Waals surface area contributed by atoms with Gasteiger partial charge in [-0.3, -0.25) is 9.78 Å². The van der Waals surface area contributed by atoms with Crippen molar-refractivity contribution >= 4 is 22.8 Å². The molecule has 1 aromatic heterocycles. The zero-order valence-electron chi connectivity index (χ0n) is 15.7. The third-order valence-corrected chi connectivity index (χ3v) is 5.42. The maximum absolute atomic E-state index is 12.6. The van der Waals surface area contributed by atoms with Gasteiger partial charge < -0.3 is 15.1 Å². The van der Waals surface area contributed by atoms with E-state index in [1.54, 1.807) is 18.1 Å². The van der Waals surface area contributed by atoms with Gasteiger partial charge >= 0.3 is 6.03 Å². The quantitative estimate of drug-likeness (QED) is 0.905. The van der Waals surface area contributed by atoms with Crippen molar-refractivity contribution in [2.75, 3.05) is 20.1 Å². The first-order valence-electron chi connectivity index (χ1n) is 9.74. The minimum Gasteiger partial charge on any atom is -0.340 e. The molecule has 4 rings (SSSR count). The molecule has 1 saturated heterocycles. The molecule has 6 heteroatoms. The Morgan fingerprint density at radius 1 is 1.26 bits per heavy atom. The second-order valence-corrected chi connectivity index (χ2v) is 7.73. The molecular formula is C21H26N4O2. The highest BCUT2D eigenvalue weighted by Crippen LogP contribution is 2.31. The number of fused-ring (bicyclic) bond motifs is 1. The molecular weight excluding hydrogens is 340 g/mol. The second-order valence-electron chi connectivity index (χ2n) is 7.73. The summed E-state index contributed by atoms with van der Waals surface area (Å²) in [7, 11) is 1.80. The number of aromatic nitrogens is 1. The molecule has 0 bridgehead atoms. The average Bonchev–Trinajstić information content (AvgIpc) is 3.53. The van der Waals surface area contributed by atoms with E-state index < -0.39 is 0 Å². The molecule has 6 nitrogen and oxygen atoms in total. The molecule has 1 unspecified atom stereocenters. The zero-order chi connectivity index (χ0) is 18.8. The van der Waals surface area contributed by atoms with Gasteiger partial charge in [0.05, 0.1) is 5.52 Å². The highest BCUT2D eigenvalue weighted by atomic mass is 16.2. The van der Waals surface area contributed by atoms with Crippen LogP contribution in [0.1, 0.15) is 31.2 Å². The first-order chi connectivity index (χ1) is 13.1. The summed E-state index contributed by atoms with van der Waals surface area (Å²) >= 11 is 0. The lowest BCUT2D eigenvalue weighted by atomic mass is 10.1. The van der Waals surface area contributed by atoms with Gasteiger partial charge in [-0.25, -0.2) is 4.79 Å². The van der Waals surface area contributed by atoms with Crippen molar-refractivity contribution in [1.29, 1.82) is 0 Å². The predicted octanol–water partition coefficient (Wildman–Crippen LogP) is 2.78. The molecule has 142 valence electrons. The van der Waals surface area contributed by atoms with E-state index in [0.29, 0.717) is 13.1 Å². The number of benzene rings is 1. The number of carbonyl (C=O) groups excluding carboxylic acids is 2. The molecule has 0 spiro atoms. The molecule has 1 aromatic carbocycles. The van der Waals surface area contributed by atoms with Gasteiger partial charge in [0.1, 0.15) is 0 Å². The van der Waals surface area contributed by atoms with Gasteiger partial charge in [-0.05, 0) is 49.4 Å². The van der Waals surface area contributed by atoms with E-state index in [2.05, 4.69) is 16.4 Å². The van der Waals surface area contributed by atoms with Gasteiger partial charge in [0.25, 0.3) is 0 Å². The van der Waals surface area contributed by atoms with E-state index in [0.717, 1.165) is 48.7 Å². The van der Waals surface area contributed by atoms with Crippen molar-refractivity contribution in [2.24, 2.45) is 5.92 Å². The lowest BCUT2D eigenvalue weighted by Gasteiger charge is -2.34. The largest absolute Gasteiger partial charge is 0.340 e. The van der Waals surface area contributed by atoms with Crippen molar-refractivity contribution in [1.82, 2.24) is 20.1 Å². The number of carbonyl (C=O) groups is 2. The van der Waals surface area contributed by atoms with Crippen LogP contribution < -0.4 is 5.32 Å². The van der Waals surface area contributed by atoms with Gasteiger partial charge in [-0.1, -0.05) is 12.1 Å². The molecule has 2 fully saturated rings. The Bertz CT molecular complexity index is 849. The van der Waals surface area contributed by atoms with E-state index in [4.69, 9.17) is 0 Å². The summed E-state index contributed by atoms with van der Waals surface area (Å²) in [5.74, 6) is 0.511. The lowest BCUT2D eigenvalue weighted by molar-refractivity contribution is -0.133. The SMILES string of the molecule is CN(Cc1ccc2ncccc2c1)C(=O)NC1CCCN(C(=O)C2CC2)C1. The molecule has 1 N–H and O–H groups in total. The highest BCUT2D eigenvalue weighted by Gasteiger charge is 2.35. The number of pyridine rings is 1. The third kappa shape index (κ3) is 4.21. The molecule has 27 heavy (non-hydrogen) atoms. The Kier molecular flexibility index (Phi) is 4.97. The smallest absolute Gasteiger partial charge is 0.317 e. The molecule has 1 aliphatic carbocycles. The molecule has 3 amide bonds. The van der Waals surface area contributed by atoms with Gasteiger partial charge in [0.15, 0.2) is 0 Å². The summed E-state index contributed by atoms with van der Waals surface area (Å²) in [4.78, 5) is 32.8. The number of amides is 3. The minimum atomic E-state index is -0.0907. The van der Waals surface area contributed by atoms with E-state index >= 15 is 0 Å². The van der Waals surface area contributed by atoms with Gasteiger partial charge in [0, 0.05) is 50.2 Å². The van der Waals surface area contributed by atoms with Crippen molar-refractivity contribution in [3.63, 3.8) is 0 Å². The third-order valence-electron chi connectivity index (χ3n) is 5.42. The van der Waals surface area contributed by atoms with Crippen molar-refractivity contribution in [3.8, 4) is 0 Å². The lowest BCUT2D eigenvalue weighted by Crippen LogP contribution is -2.52. The first-order valence-corrected chi connectivity index (χ1v) is 9.74. The van der Waals surface area contributed by atoms with Crippen LogP contribution in [0, 0.1) is 5.92 Å². The number of hydrogen-bond acceptors (Lipinski definition) is 3. The number of rotatable bonds is 4. The molecule has 1 saturated carbocycles. The van der Waals surface area contributed by atoms with Crippen LogP contribution in [0.5, 0.6) is 0 Å². The van der Waals surface area contributed by atoms with E-state index in [9.17, 15) is 9.59 Å². The second kappa shape index (κ2) is 7.55. The summed E-state index contributed by atoms with van der Waals surface area (Å²) < 4.78 is 0. The summed E-state index contributed by atoms with van der Waals surface area (Å²) in [5.41, 5.74) is 2.03. The summed E-state index contributed by atoms with van der Waals surface area (Å²) in [6.45, 7) is 1.99. The van der Waals surface area contributed by atoms with E-state index in [-0.39, 0.29) is 23.9 Å². The average molecular weight is 366 g/mol. The maximum atomic E-state index is 12.6. The number of nitrogens with zero attached hydrogens (tertiary/aromatic N) is 3. The minimum absolute atomic E-state index is 0.0391. The molecule has 2 heterocycles. The summed E-state index contributed by atoms with van der Waals surface area (Å²) in [5, 5.41) is 4.18. The molecule has 0 radical (unpaired) electrons. The van der Waals surface area contributed by atoms with Crippen LogP contribution in [0.15, 0.2) is 36.5 Å². The number of hydrogen-bond donors (Lipinski definition) is 1. The van der Waals surface area contributed by atoms with Gasteiger partial charge in [-0.15, -0.1) is 0 Å². The topological polar surface area (TPSA) is 65.5 Å². The number of urea groups is 1. The normalized spacial score (nSPS) is 19.7. The van der Waals surface area contributed by atoms with Crippen molar-refractivity contribution in [2.45, 2.75) is 38.3 Å². The summed E-state index contributed by atoms with van der Waals surface area (Å²) in [6, 6.07) is 9.96. The molecule has 1 atom stereocenters. The fraction of sp³-hybridized carbons (Fsp3) is 0.476. The van der Waals surface area contributed by atoms with Crippen LogP contribution in [-0.2, 0) is 11.3 Å². The van der Waals surface area contributed by atoms with E-state index in [1.165, 1.54) is 0 Å². The van der Waals surface area contributed by atoms with Crippen LogP contribution in [0.4, 0.5) is 4.79 Å². The van der Waals surface area contributed by atoms with Crippen LogP contribution in [-0.4, -0.2) is 52.9 Å². The standard InChI is InChI=1S/C21H26N4O2/c1-24(13-15-6-9-19-17(12-15)4-2-10-22-19)21(27)23-18-5-3-11-25(14-18)20(26)16-7-8-16/h2,4,6,9-10,12,16,18H,3,5,7-8,11,13-14H2,1H3,(H,23,27). The van der Waals surface area contributed by atoms with Crippen LogP contribution in [0.25, 0.3) is 10.9 Å². The zero-order valence-corrected chi connectivity index (χ0v) is 15.7. The fourth-order valence-electron chi connectivity index (χ4n) is 3.74. The number of likely N-dealkylation sites (tertiary alicyclic amines) is 1. The van der Waals surface area contributed by atoms with Gasteiger partial charge in [0.2, 0.25) is 5.91 Å². The molecule has 2 aromatic rings. The molecule has 1 aliphatic heterocycles. The van der Waals surface area contributed by atoms with Crippen LogP contribution in [0.2, 0.25) is 0 Å². The maximum Gasteiger partial charge on any atom is 0.317 e. The first kappa shape index (κ1) is 17.8. The van der Waals surface area contributed by atoms with Gasteiger partial charge in [-0.2, -0.15) is 0 Å². The Morgan fingerprint density at radius 2 is 2.11 bits per heavy atom. The Labute approximate surface area is 159 Å². The predicted molar refractivity (Wildman–Crippen MR) is 104 cm³/mol. The Hall–Kier alpha value is -2.63. The highest BCUT2D eigenvalue weighted by molar-refractivity contribution is 5.81. The fourth-order valence-corrected chi connectivity index (χ4v) is 3.74. The number of nitrogens with one attached hydrogen (secondary N) is 1.